The van der Waals surface area contributed by atoms with E-state index in [1.165, 1.54) is 11.3 Å². The number of hydrogen-bond acceptors (Lipinski definition) is 4. The highest BCUT2D eigenvalue weighted by Gasteiger charge is 2.14. The molecule has 0 aliphatic carbocycles. The molecule has 100 valence electrons. The van der Waals surface area contributed by atoms with Crippen molar-refractivity contribution < 1.29 is 9.90 Å². The smallest absolute Gasteiger partial charge is 0.226 e. The summed E-state index contributed by atoms with van der Waals surface area (Å²) in [4.78, 5) is 16.2. The van der Waals surface area contributed by atoms with Gasteiger partial charge >= 0.3 is 0 Å². The molecule has 0 fully saturated rings. The van der Waals surface area contributed by atoms with Gasteiger partial charge in [0.2, 0.25) is 5.91 Å². The van der Waals surface area contributed by atoms with E-state index in [2.05, 4.69) is 10.3 Å². The van der Waals surface area contributed by atoms with Crippen LogP contribution >= 0.6 is 11.3 Å². The van der Waals surface area contributed by atoms with Gasteiger partial charge in [-0.3, -0.25) is 4.79 Å². The highest BCUT2D eigenvalue weighted by molar-refractivity contribution is 7.09. The van der Waals surface area contributed by atoms with Crippen molar-refractivity contribution in [1.29, 1.82) is 0 Å². The van der Waals surface area contributed by atoms with E-state index in [4.69, 9.17) is 0 Å². The van der Waals surface area contributed by atoms with Crippen LogP contribution in [0.15, 0.2) is 35.7 Å². The normalized spacial score (nSPS) is 12.1. The number of hydrogen-bond donors (Lipinski definition) is 2. The van der Waals surface area contributed by atoms with Crippen LogP contribution in [-0.4, -0.2) is 22.6 Å². The number of benzene rings is 1. The summed E-state index contributed by atoms with van der Waals surface area (Å²) in [6.45, 7) is 1.79. The lowest BCUT2D eigenvalue weighted by atomic mass is 10.1. The summed E-state index contributed by atoms with van der Waals surface area (Å²) in [6, 6.07) is 9.07. The Morgan fingerprint density at radius 2 is 2.16 bits per heavy atom. The molecule has 2 aromatic rings. The van der Waals surface area contributed by atoms with Gasteiger partial charge in [-0.25, -0.2) is 4.98 Å². The molecule has 0 aliphatic rings. The third-order valence-corrected chi connectivity index (χ3v) is 3.55. The molecule has 0 saturated carbocycles. The Morgan fingerprint density at radius 3 is 2.74 bits per heavy atom. The average molecular weight is 276 g/mol. The number of amides is 1. The van der Waals surface area contributed by atoms with E-state index in [0.29, 0.717) is 0 Å². The molecule has 4 nitrogen and oxygen atoms in total. The van der Waals surface area contributed by atoms with Gasteiger partial charge in [-0.05, 0) is 12.5 Å². The molecular weight excluding hydrogens is 260 g/mol. The zero-order chi connectivity index (χ0) is 13.7. The summed E-state index contributed by atoms with van der Waals surface area (Å²) in [5.41, 5.74) is 1.66. The Hall–Kier alpha value is -1.72. The number of thiazole rings is 1. The molecule has 1 atom stereocenters. The van der Waals surface area contributed by atoms with E-state index in [-0.39, 0.29) is 25.0 Å². The van der Waals surface area contributed by atoms with Crippen molar-refractivity contribution in [3.05, 3.63) is 52.0 Å². The van der Waals surface area contributed by atoms with Crippen molar-refractivity contribution in [3.8, 4) is 0 Å². The van der Waals surface area contributed by atoms with Crippen LogP contribution in [0.25, 0.3) is 0 Å². The van der Waals surface area contributed by atoms with Gasteiger partial charge in [0.25, 0.3) is 0 Å². The van der Waals surface area contributed by atoms with Crippen molar-refractivity contribution in [2.24, 2.45) is 0 Å². The van der Waals surface area contributed by atoms with Crippen LogP contribution < -0.4 is 5.32 Å². The standard InChI is InChI=1S/C14H16N2O2S/c1-10-15-12(9-19-10)7-14(18)16-13(8-17)11-5-3-2-4-6-11/h2-6,9,13,17H,7-8H2,1H3,(H,16,18)/t13-/m1/s1. The Kier molecular flexibility index (Phi) is 4.65. The fraction of sp³-hybridized carbons (Fsp3) is 0.286. The van der Waals surface area contributed by atoms with E-state index in [0.717, 1.165) is 16.3 Å². The number of rotatable bonds is 5. The maximum absolute atomic E-state index is 11.9. The summed E-state index contributed by atoms with van der Waals surface area (Å²) in [5.74, 6) is -0.131. The Morgan fingerprint density at radius 1 is 1.42 bits per heavy atom. The maximum atomic E-state index is 11.9. The molecule has 1 heterocycles. The minimum atomic E-state index is -0.367. The molecule has 0 saturated heterocycles. The van der Waals surface area contributed by atoms with Crippen molar-refractivity contribution in [2.45, 2.75) is 19.4 Å². The number of aryl methyl sites for hydroxylation is 1. The van der Waals surface area contributed by atoms with E-state index >= 15 is 0 Å². The predicted molar refractivity (Wildman–Crippen MR) is 75.0 cm³/mol. The third-order valence-electron chi connectivity index (χ3n) is 2.73. The van der Waals surface area contributed by atoms with Gasteiger partial charge in [-0.1, -0.05) is 30.3 Å². The first-order valence-electron chi connectivity index (χ1n) is 6.05. The van der Waals surface area contributed by atoms with Crippen molar-refractivity contribution in [1.82, 2.24) is 10.3 Å². The Balaban J connectivity index is 1.97. The first kappa shape index (κ1) is 13.7. The fourth-order valence-corrected chi connectivity index (χ4v) is 2.43. The van der Waals surface area contributed by atoms with E-state index in [9.17, 15) is 9.90 Å². The minimum absolute atomic E-state index is 0.119. The van der Waals surface area contributed by atoms with Gasteiger partial charge in [0.1, 0.15) is 0 Å². The van der Waals surface area contributed by atoms with Crippen LogP contribution in [0.2, 0.25) is 0 Å². The Bertz CT molecular complexity index is 539. The number of carbonyl (C=O) groups is 1. The fourth-order valence-electron chi connectivity index (χ4n) is 1.82. The largest absolute Gasteiger partial charge is 0.394 e. The zero-order valence-corrected chi connectivity index (χ0v) is 11.5. The molecule has 0 bridgehead atoms. The lowest BCUT2D eigenvalue weighted by molar-refractivity contribution is -0.121. The molecule has 0 radical (unpaired) electrons. The lowest BCUT2D eigenvalue weighted by Gasteiger charge is -2.16. The van der Waals surface area contributed by atoms with Crippen LogP contribution in [-0.2, 0) is 11.2 Å². The number of carbonyl (C=O) groups excluding carboxylic acids is 1. The lowest BCUT2D eigenvalue weighted by Crippen LogP contribution is -2.32. The van der Waals surface area contributed by atoms with Crippen molar-refractivity contribution in [2.75, 3.05) is 6.61 Å². The monoisotopic (exact) mass is 276 g/mol. The van der Waals surface area contributed by atoms with Gasteiger partial charge in [0, 0.05) is 5.38 Å². The maximum Gasteiger partial charge on any atom is 0.226 e. The molecule has 1 aromatic carbocycles. The van der Waals surface area contributed by atoms with Gasteiger partial charge in [-0.2, -0.15) is 0 Å². The number of aliphatic hydroxyl groups excluding tert-OH is 1. The van der Waals surface area contributed by atoms with E-state index < -0.39 is 0 Å². The summed E-state index contributed by atoms with van der Waals surface area (Å²) in [6.07, 6.45) is 0.244. The SMILES string of the molecule is Cc1nc(CC(=O)N[C@H](CO)c2ccccc2)cs1. The summed E-state index contributed by atoms with van der Waals surface area (Å²) in [7, 11) is 0. The molecule has 0 spiro atoms. The second kappa shape index (κ2) is 6.45. The first-order chi connectivity index (χ1) is 9.19. The number of nitrogens with one attached hydrogen (secondary N) is 1. The molecule has 1 aromatic heterocycles. The third kappa shape index (κ3) is 3.87. The van der Waals surface area contributed by atoms with E-state index in [1.54, 1.807) is 0 Å². The van der Waals surface area contributed by atoms with Crippen LogP contribution in [0, 0.1) is 6.92 Å². The van der Waals surface area contributed by atoms with Gasteiger partial charge in [-0.15, -0.1) is 11.3 Å². The summed E-state index contributed by atoms with van der Waals surface area (Å²) >= 11 is 1.53. The zero-order valence-electron chi connectivity index (χ0n) is 10.7. The molecule has 5 heteroatoms. The molecule has 1 amide bonds. The van der Waals surface area contributed by atoms with E-state index in [1.807, 2.05) is 42.6 Å². The molecule has 0 aliphatic heterocycles. The molecule has 2 N–H and O–H groups in total. The second-order valence-corrected chi connectivity index (χ2v) is 5.31. The highest BCUT2D eigenvalue weighted by Crippen LogP contribution is 2.13. The summed E-state index contributed by atoms with van der Waals surface area (Å²) in [5, 5.41) is 15.0. The quantitative estimate of drug-likeness (QED) is 0.876. The predicted octanol–water partition coefficient (Wildman–Crippen LogP) is 1.84. The number of nitrogens with zero attached hydrogens (tertiary/aromatic N) is 1. The number of aromatic nitrogens is 1. The summed E-state index contributed by atoms with van der Waals surface area (Å²) < 4.78 is 0. The van der Waals surface area contributed by atoms with Crippen LogP contribution in [0.4, 0.5) is 0 Å². The van der Waals surface area contributed by atoms with Crippen LogP contribution in [0.5, 0.6) is 0 Å². The van der Waals surface area contributed by atoms with Crippen LogP contribution in [0.1, 0.15) is 22.3 Å². The molecular formula is C14H16N2O2S. The molecule has 0 unspecified atom stereocenters. The van der Waals surface area contributed by atoms with Crippen molar-refractivity contribution in [3.63, 3.8) is 0 Å². The molecule has 19 heavy (non-hydrogen) atoms. The van der Waals surface area contributed by atoms with Gasteiger partial charge in [0.15, 0.2) is 0 Å². The van der Waals surface area contributed by atoms with Crippen LogP contribution in [0.3, 0.4) is 0 Å². The van der Waals surface area contributed by atoms with Gasteiger partial charge in [0.05, 0.1) is 29.8 Å². The highest BCUT2D eigenvalue weighted by atomic mass is 32.1. The van der Waals surface area contributed by atoms with Crippen molar-refractivity contribution >= 4 is 17.2 Å². The first-order valence-corrected chi connectivity index (χ1v) is 6.93. The second-order valence-electron chi connectivity index (χ2n) is 4.25. The van der Waals surface area contributed by atoms with Gasteiger partial charge < -0.3 is 10.4 Å². The Labute approximate surface area is 116 Å². The minimum Gasteiger partial charge on any atom is -0.394 e. The average Bonchev–Trinajstić information content (AvgIpc) is 2.82. The topological polar surface area (TPSA) is 62.2 Å². The molecule has 2 rings (SSSR count). The number of aliphatic hydroxyl groups is 1.